The number of aryl methyl sites for hydroxylation is 1. The van der Waals surface area contributed by atoms with Crippen LogP contribution in [0.1, 0.15) is 36.3 Å². The Balaban J connectivity index is 1.10. The lowest BCUT2D eigenvalue weighted by Gasteiger charge is -2.17. The van der Waals surface area contributed by atoms with E-state index in [9.17, 15) is 0 Å². The van der Waals surface area contributed by atoms with Crippen LogP contribution < -0.4 is 0 Å². The molecule has 5 heterocycles. The summed E-state index contributed by atoms with van der Waals surface area (Å²) in [6.07, 6.45) is 14.3. The zero-order valence-corrected chi connectivity index (χ0v) is 30.5. The average molecular weight is 722 g/mol. The number of pyridine rings is 1. The normalized spacial score (nSPS) is 13.8. The summed E-state index contributed by atoms with van der Waals surface area (Å²) in [6.45, 7) is 0. The van der Waals surface area contributed by atoms with Crippen LogP contribution in [0.2, 0.25) is 0 Å². The van der Waals surface area contributed by atoms with Gasteiger partial charge in [0, 0.05) is 51.2 Å². The lowest BCUT2D eigenvalue weighted by atomic mass is 10.0. The second kappa shape index (κ2) is 13.2. The molecule has 56 heavy (non-hydrogen) atoms. The minimum Gasteiger partial charge on any atom is -0.309 e. The van der Waals surface area contributed by atoms with Gasteiger partial charge < -0.3 is 9.13 Å². The molecule has 7 nitrogen and oxygen atoms in total. The van der Waals surface area contributed by atoms with Crippen LogP contribution in [0.4, 0.5) is 0 Å². The fourth-order valence-electron chi connectivity index (χ4n) is 8.39. The Labute approximate surface area is 323 Å². The number of benzene rings is 5. The molecule has 0 fully saturated rings. The number of hydrogen-bond donors (Lipinski definition) is 0. The van der Waals surface area contributed by atoms with Crippen LogP contribution in [0.5, 0.6) is 0 Å². The Hall–Kier alpha value is -7.25. The number of rotatable bonds is 6. The predicted octanol–water partition coefficient (Wildman–Crippen LogP) is 11.5. The smallest absolute Gasteiger partial charge is 0.182 e. The Morgan fingerprint density at radius 2 is 1.14 bits per heavy atom. The first-order valence-electron chi connectivity index (χ1n) is 19.2. The fourth-order valence-corrected chi connectivity index (χ4v) is 8.39. The van der Waals surface area contributed by atoms with Crippen molar-refractivity contribution < 1.29 is 0 Å². The zero-order chi connectivity index (χ0) is 37.0. The minimum atomic E-state index is 0.524. The van der Waals surface area contributed by atoms with Gasteiger partial charge >= 0.3 is 0 Å². The van der Waals surface area contributed by atoms with Crippen LogP contribution in [0.15, 0.2) is 157 Å². The summed E-state index contributed by atoms with van der Waals surface area (Å²) in [6, 6.07) is 47.6. The van der Waals surface area contributed by atoms with E-state index >= 15 is 0 Å². The molecule has 1 aliphatic heterocycles. The molecule has 266 valence electrons. The van der Waals surface area contributed by atoms with Gasteiger partial charge in [-0.3, -0.25) is 9.98 Å². The first-order chi connectivity index (χ1) is 27.8. The van der Waals surface area contributed by atoms with Gasteiger partial charge in [0.1, 0.15) is 11.4 Å². The van der Waals surface area contributed by atoms with Gasteiger partial charge in [-0.2, -0.15) is 0 Å². The summed E-state index contributed by atoms with van der Waals surface area (Å²) < 4.78 is 4.86. The molecule has 0 radical (unpaired) electrons. The molecule has 4 aromatic heterocycles. The molecule has 5 aromatic carbocycles. The molecule has 0 amide bonds. The zero-order valence-electron chi connectivity index (χ0n) is 30.5. The molecule has 7 heteroatoms. The molecule has 0 atom stereocenters. The summed E-state index contributed by atoms with van der Waals surface area (Å²) in [5, 5.41) is 3.79. The third-order valence-electron chi connectivity index (χ3n) is 11.0. The van der Waals surface area contributed by atoms with Crippen molar-refractivity contribution in [2.75, 3.05) is 0 Å². The van der Waals surface area contributed by atoms with Gasteiger partial charge in [-0.25, -0.2) is 15.0 Å². The number of hydrogen-bond acceptors (Lipinski definition) is 5. The van der Waals surface area contributed by atoms with E-state index < -0.39 is 0 Å². The largest absolute Gasteiger partial charge is 0.309 e. The number of allylic oxidation sites excluding steroid dienone is 2. The third-order valence-corrected chi connectivity index (χ3v) is 11.0. The molecule has 1 aliphatic carbocycles. The lowest BCUT2D eigenvalue weighted by molar-refractivity contribution is 0.967. The van der Waals surface area contributed by atoms with E-state index in [0.717, 1.165) is 59.4 Å². The second-order valence-corrected chi connectivity index (χ2v) is 14.3. The van der Waals surface area contributed by atoms with E-state index in [-0.39, 0.29) is 0 Å². The molecule has 0 N–H and O–H groups in total. The van der Waals surface area contributed by atoms with E-state index in [2.05, 4.69) is 153 Å². The van der Waals surface area contributed by atoms with E-state index in [0.29, 0.717) is 23.2 Å². The molecule has 11 rings (SSSR count). The maximum Gasteiger partial charge on any atom is 0.182 e. The Morgan fingerprint density at radius 3 is 1.86 bits per heavy atom. The van der Waals surface area contributed by atoms with E-state index in [1.807, 2.05) is 24.4 Å². The van der Waals surface area contributed by atoms with Gasteiger partial charge in [0.15, 0.2) is 17.5 Å². The van der Waals surface area contributed by atoms with Crippen molar-refractivity contribution in [2.45, 2.75) is 25.7 Å². The molecule has 9 aromatic rings. The summed E-state index contributed by atoms with van der Waals surface area (Å²) in [5.41, 5.74) is 13.0. The van der Waals surface area contributed by atoms with Crippen LogP contribution in [0.3, 0.4) is 0 Å². The molecule has 0 unspecified atom stereocenters. The lowest BCUT2D eigenvalue weighted by Crippen LogP contribution is -2.04. The second-order valence-electron chi connectivity index (χ2n) is 14.3. The van der Waals surface area contributed by atoms with E-state index in [1.54, 1.807) is 6.20 Å². The van der Waals surface area contributed by atoms with Gasteiger partial charge in [0.2, 0.25) is 0 Å². The highest BCUT2D eigenvalue weighted by atomic mass is 15.1. The fraction of sp³-hybridized carbons (Fsp3) is 0.0816. The molecule has 0 saturated carbocycles. The van der Waals surface area contributed by atoms with Gasteiger partial charge in [-0.05, 0) is 97.0 Å². The minimum absolute atomic E-state index is 0.524. The molecular formula is C49H35N7. The summed E-state index contributed by atoms with van der Waals surface area (Å²) in [4.78, 5) is 23.8. The van der Waals surface area contributed by atoms with Gasteiger partial charge in [-0.15, -0.1) is 0 Å². The van der Waals surface area contributed by atoms with E-state index in [4.69, 9.17) is 15.0 Å². The number of aliphatic imine (C=N–C) groups is 1. The maximum absolute atomic E-state index is 4.93. The monoisotopic (exact) mass is 721 g/mol. The molecule has 2 aliphatic rings. The quantitative estimate of drug-likeness (QED) is 0.171. The molecule has 0 spiro atoms. The number of aromatic nitrogens is 6. The van der Waals surface area contributed by atoms with Gasteiger partial charge in [0.05, 0.1) is 16.6 Å². The third kappa shape index (κ3) is 5.39. The highest BCUT2D eigenvalue weighted by molar-refractivity contribution is 6.09. The SMILES string of the molecule is C1=Cc2c(c3ccccc3n2-c2cc(-c3ccc(-c4nc(C5=CCCC=N5)nc(-c5ccccn5)n4)cc3)cc(-n3c4ccccc4c4ccccc43)c2)CC1. The number of fused-ring (bicyclic) bond motifs is 6. The standard InChI is InChI=1S/C49H35N7/c1-5-19-43-37(13-1)38-14-2-6-20-44(38)55(43)35-29-34(30-36(31-35)56-45-21-7-3-15-39(45)40-16-4-8-22-46(40)56)32-23-25-33(26-24-32)47-52-48(41-17-9-11-27-50-41)54-49(53-47)42-18-10-12-28-51-42/h1-3,5-9,11,13-15,17-31H,4,10,12,16H2. The number of para-hydroxylation sites is 3. The predicted molar refractivity (Wildman–Crippen MR) is 228 cm³/mol. The van der Waals surface area contributed by atoms with Gasteiger partial charge in [-0.1, -0.05) is 97.1 Å². The highest BCUT2D eigenvalue weighted by Gasteiger charge is 2.21. The van der Waals surface area contributed by atoms with Crippen LogP contribution >= 0.6 is 0 Å². The van der Waals surface area contributed by atoms with E-state index in [1.165, 1.54) is 44.0 Å². The molecule has 0 bridgehead atoms. The van der Waals surface area contributed by atoms with Gasteiger partial charge in [0.25, 0.3) is 0 Å². The van der Waals surface area contributed by atoms with Crippen LogP contribution in [-0.4, -0.2) is 35.3 Å². The summed E-state index contributed by atoms with van der Waals surface area (Å²) in [7, 11) is 0. The molecular weight excluding hydrogens is 687 g/mol. The summed E-state index contributed by atoms with van der Waals surface area (Å²) >= 11 is 0. The first-order valence-corrected chi connectivity index (χ1v) is 19.2. The molecule has 0 saturated heterocycles. The van der Waals surface area contributed by atoms with Crippen molar-refractivity contribution in [3.8, 4) is 45.4 Å². The van der Waals surface area contributed by atoms with Crippen molar-refractivity contribution in [3.63, 3.8) is 0 Å². The Morgan fingerprint density at radius 1 is 0.500 bits per heavy atom. The van der Waals surface area contributed by atoms with Crippen LogP contribution in [0, 0.1) is 0 Å². The topological polar surface area (TPSA) is 73.8 Å². The first kappa shape index (κ1) is 32.2. The van der Waals surface area contributed by atoms with Crippen molar-refractivity contribution >= 4 is 50.7 Å². The van der Waals surface area contributed by atoms with Crippen molar-refractivity contribution in [1.29, 1.82) is 0 Å². The Kier molecular flexibility index (Phi) is 7.62. The summed E-state index contributed by atoms with van der Waals surface area (Å²) in [5.74, 6) is 1.66. The van der Waals surface area contributed by atoms with Crippen LogP contribution in [0.25, 0.3) is 89.9 Å². The Bertz CT molecular complexity index is 3020. The maximum atomic E-state index is 4.93. The highest BCUT2D eigenvalue weighted by Crippen LogP contribution is 2.39. The van der Waals surface area contributed by atoms with Crippen LogP contribution in [-0.2, 0) is 6.42 Å². The average Bonchev–Trinajstić information content (AvgIpc) is 3.80. The number of nitrogens with zero attached hydrogens (tertiary/aromatic N) is 7. The van der Waals surface area contributed by atoms with Crippen molar-refractivity contribution in [3.05, 3.63) is 169 Å². The van der Waals surface area contributed by atoms with Crippen molar-refractivity contribution in [2.24, 2.45) is 4.99 Å². The van der Waals surface area contributed by atoms with Crippen molar-refractivity contribution in [1.82, 2.24) is 29.1 Å².